The SMILES string of the molecule is CC(O)c1nc2cc(N)ccc2n1C1CCS(=O)(=O)C1. The summed E-state index contributed by atoms with van der Waals surface area (Å²) in [6.07, 6.45) is -0.204. The van der Waals surface area contributed by atoms with Crippen LogP contribution in [0.1, 0.15) is 31.3 Å². The molecule has 0 aliphatic carbocycles. The monoisotopic (exact) mass is 295 g/mol. The van der Waals surface area contributed by atoms with Crippen LogP contribution in [-0.2, 0) is 9.84 Å². The maximum Gasteiger partial charge on any atom is 0.152 e. The number of sulfone groups is 1. The summed E-state index contributed by atoms with van der Waals surface area (Å²) in [7, 11) is -3.00. The molecule has 7 heteroatoms. The number of aromatic nitrogens is 2. The van der Waals surface area contributed by atoms with Crippen LogP contribution in [0.5, 0.6) is 0 Å². The Morgan fingerprint density at radius 3 is 2.85 bits per heavy atom. The molecule has 1 fully saturated rings. The molecule has 0 saturated carbocycles. The molecule has 2 heterocycles. The Bertz CT molecular complexity index is 765. The molecule has 3 N–H and O–H groups in total. The number of aliphatic hydroxyl groups is 1. The summed E-state index contributed by atoms with van der Waals surface area (Å²) in [6, 6.07) is 5.16. The number of anilines is 1. The van der Waals surface area contributed by atoms with Gasteiger partial charge in [0.25, 0.3) is 0 Å². The third-order valence-corrected chi connectivity index (χ3v) is 5.44. The lowest BCUT2D eigenvalue weighted by Gasteiger charge is -2.16. The van der Waals surface area contributed by atoms with Crippen molar-refractivity contribution in [2.45, 2.75) is 25.5 Å². The van der Waals surface area contributed by atoms with E-state index in [2.05, 4.69) is 4.98 Å². The summed E-state index contributed by atoms with van der Waals surface area (Å²) in [5.41, 5.74) is 7.85. The number of hydrogen-bond acceptors (Lipinski definition) is 5. The highest BCUT2D eigenvalue weighted by Crippen LogP contribution is 2.32. The first-order chi connectivity index (χ1) is 9.37. The molecule has 6 nitrogen and oxygen atoms in total. The summed E-state index contributed by atoms with van der Waals surface area (Å²) in [5, 5.41) is 9.90. The van der Waals surface area contributed by atoms with Gasteiger partial charge in [0.2, 0.25) is 0 Å². The number of nitrogens with two attached hydrogens (primary N) is 1. The molecule has 0 radical (unpaired) electrons. The van der Waals surface area contributed by atoms with Gasteiger partial charge < -0.3 is 15.4 Å². The van der Waals surface area contributed by atoms with Crippen LogP contribution in [0, 0.1) is 0 Å². The van der Waals surface area contributed by atoms with Gasteiger partial charge in [-0.3, -0.25) is 0 Å². The Hall–Kier alpha value is -1.60. The van der Waals surface area contributed by atoms with Crippen LogP contribution in [0.3, 0.4) is 0 Å². The molecule has 1 aromatic heterocycles. The smallest absolute Gasteiger partial charge is 0.152 e. The molecule has 2 aromatic rings. The van der Waals surface area contributed by atoms with Crippen LogP contribution in [0.2, 0.25) is 0 Å². The van der Waals surface area contributed by atoms with E-state index in [0.717, 1.165) is 5.52 Å². The van der Waals surface area contributed by atoms with Crippen LogP contribution < -0.4 is 5.73 Å². The summed E-state index contributed by atoms with van der Waals surface area (Å²) < 4.78 is 25.2. The summed E-state index contributed by atoms with van der Waals surface area (Å²) in [6.45, 7) is 1.63. The van der Waals surface area contributed by atoms with E-state index in [9.17, 15) is 13.5 Å². The average Bonchev–Trinajstić information content (AvgIpc) is 2.88. The highest BCUT2D eigenvalue weighted by atomic mass is 32.2. The van der Waals surface area contributed by atoms with E-state index in [1.807, 2.05) is 10.6 Å². The van der Waals surface area contributed by atoms with Crippen LogP contribution in [0.15, 0.2) is 18.2 Å². The van der Waals surface area contributed by atoms with Crippen molar-refractivity contribution in [3.63, 3.8) is 0 Å². The van der Waals surface area contributed by atoms with Gasteiger partial charge in [-0.25, -0.2) is 13.4 Å². The molecule has 1 aliphatic heterocycles. The third kappa shape index (κ3) is 2.16. The number of benzene rings is 1. The largest absolute Gasteiger partial charge is 0.399 e. The van der Waals surface area contributed by atoms with Crippen LogP contribution in [0.4, 0.5) is 5.69 Å². The molecule has 0 bridgehead atoms. The van der Waals surface area contributed by atoms with Crippen molar-refractivity contribution < 1.29 is 13.5 Å². The molecule has 0 amide bonds. The van der Waals surface area contributed by atoms with E-state index < -0.39 is 15.9 Å². The number of rotatable bonds is 2. The molecule has 3 rings (SSSR count). The number of nitrogen functional groups attached to an aromatic ring is 1. The lowest BCUT2D eigenvalue weighted by Crippen LogP contribution is -2.15. The average molecular weight is 295 g/mol. The standard InChI is InChI=1S/C13H17N3O3S/c1-8(17)13-15-11-6-9(14)2-3-12(11)16(13)10-4-5-20(18,19)7-10/h2-3,6,8,10,17H,4-5,7,14H2,1H3. The van der Waals surface area contributed by atoms with Crippen molar-refractivity contribution in [3.8, 4) is 0 Å². The van der Waals surface area contributed by atoms with E-state index in [0.29, 0.717) is 23.4 Å². The molecule has 108 valence electrons. The van der Waals surface area contributed by atoms with Crippen molar-refractivity contribution in [2.75, 3.05) is 17.2 Å². The lowest BCUT2D eigenvalue weighted by atomic mass is 10.2. The maximum atomic E-state index is 11.7. The Morgan fingerprint density at radius 2 is 2.25 bits per heavy atom. The number of imidazole rings is 1. The number of hydrogen-bond donors (Lipinski definition) is 2. The van der Waals surface area contributed by atoms with Gasteiger partial charge in [0.1, 0.15) is 11.9 Å². The Morgan fingerprint density at radius 1 is 1.50 bits per heavy atom. The van der Waals surface area contributed by atoms with Crippen molar-refractivity contribution >= 4 is 26.6 Å². The summed E-state index contributed by atoms with van der Waals surface area (Å²) in [4.78, 5) is 4.40. The minimum absolute atomic E-state index is 0.0998. The highest BCUT2D eigenvalue weighted by Gasteiger charge is 2.32. The highest BCUT2D eigenvalue weighted by molar-refractivity contribution is 7.91. The number of nitrogens with zero attached hydrogens (tertiary/aromatic N) is 2. The van der Waals surface area contributed by atoms with Gasteiger partial charge in [-0.05, 0) is 31.5 Å². The first kappa shape index (κ1) is 13.4. The summed E-state index contributed by atoms with van der Waals surface area (Å²) >= 11 is 0. The second-order valence-electron chi connectivity index (χ2n) is 5.32. The third-order valence-electron chi connectivity index (χ3n) is 3.69. The van der Waals surface area contributed by atoms with E-state index in [4.69, 9.17) is 5.73 Å². The Kier molecular flexibility index (Phi) is 2.98. The van der Waals surface area contributed by atoms with Crippen LogP contribution in [0.25, 0.3) is 11.0 Å². The first-order valence-electron chi connectivity index (χ1n) is 6.53. The molecule has 1 aliphatic rings. The second-order valence-corrected chi connectivity index (χ2v) is 7.55. The van der Waals surface area contributed by atoms with E-state index in [1.54, 1.807) is 19.1 Å². The fourth-order valence-electron chi connectivity index (χ4n) is 2.79. The zero-order valence-corrected chi connectivity index (χ0v) is 12.0. The van der Waals surface area contributed by atoms with E-state index in [-0.39, 0.29) is 17.5 Å². The van der Waals surface area contributed by atoms with Crippen LogP contribution in [-0.4, -0.2) is 34.6 Å². The van der Waals surface area contributed by atoms with Crippen molar-refractivity contribution in [3.05, 3.63) is 24.0 Å². The number of aliphatic hydroxyl groups excluding tert-OH is 1. The second kappa shape index (κ2) is 4.46. The molecule has 1 aromatic carbocycles. The lowest BCUT2D eigenvalue weighted by molar-refractivity contribution is 0.182. The maximum absolute atomic E-state index is 11.7. The predicted molar refractivity (Wildman–Crippen MR) is 77.1 cm³/mol. The van der Waals surface area contributed by atoms with Crippen molar-refractivity contribution in [1.82, 2.24) is 9.55 Å². The normalized spacial score (nSPS) is 23.2. The molecule has 1 saturated heterocycles. The molecular weight excluding hydrogens is 278 g/mol. The van der Waals surface area contributed by atoms with Gasteiger partial charge in [0, 0.05) is 5.69 Å². The Balaban J connectivity index is 2.19. The molecular formula is C13H17N3O3S. The van der Waals surface area contributed by atoms with Crippen molar-refractivity contribution in [2.24, 2.45) is 0 Å². The minimum atomic E-state index is -3.00. The summed E-state index contributed by atoms with van der Waals surface area (Å²) in [5.74, 6) is 0.779. The van der Waals surface area contributed by atoms with Gasteiger partial charge in [-0.1, -0.05) is 0 Å². The van der Waals surface area contributed by atoms with E-state index in [1.165, 1.54) is 0 Å². The van der Waals surface area contributed by atoms with Gasteiger partial charge in [0.15, 0.2) is 9.84 Å². The first-order valence-corrected chi connectivity index (χ1v) is 8.35. The topological polar surface area (TPSA) is 98.2 Å². The fraction of sp³-hybridized carbons (Fsp3) is 0.462. The molecule has 2 unspecified atom stereocenters. The van der Waals surface area contributed by atoms with E-state index >= 15 is 0 Å². The minimum Gasteiger partial charge on any atom is -0.399 e. The predicted octanol–water partition coefficient (Wildman–Crippen LogP) is 1.03. The van der Waals surface area contributed by atoms with Crippen molar-refractivity contribution in [1.29, 1.82) is 0 Å². The molecule has 0 spiro atoms. The van der Waals surface area contributed by atoms with Gasteiger partial charge in [-0.2, -0.15) is 0 Å². The van der Waals surface area contributed by atoms with Gasteiger partial charge in [0.05, 0.1) is 28.6 Å². The van der Waals surface area contributed by atoms with Crippen LogP contribution >= 0.6 is 0 Å². The number of fused-ring (bicyclic) bond motifs is 1. The van der Waals surface area contributed by atoms with Gasteiger partial charge in [-0.15, -0.1) is 0 Å². The quantitative estimate of drug-likeness (QED) is 0.806. The Labute approximate surface area is 117 Å². The molecule has 2 atom stereocenters. The fourth-order valence-corrected chi connectivity index (χ4v) is 4.49. The molecule has 20 heavy (non-hydrogen) atoms. The van der Waals surface area contributed by atoms with Gasteiger partial charge >= 0.3 is 0 Å². The zero-order chi connectivity index (χ0) is 14.5. The zero-order valence-electron chi connectivity index (χ0n) is 11.2.